The summed E-state index contributed by atoms with van der Waals surface area (Å²) in [6.45, 7) is 1.22. The standard InChI is InChI=1S/C26H29ClN2O4/c1-32-22-13-20-11-12-29(16-18-5-9-21(27)10-6-18)24(20)23(14-22)25(30)28-15-17-3-7-19(8-4-17)26(31)33-2/h5-6,9-14,17,19H,3-4,7-8,15-16H2,1-2H3,(H,28,30). The molecule has 1 N–H and O–H groups in total. The maximum absolute atomic E-state index is 13.3. The number of fused-ring (bicyclic) bond motifs is 1. The van der Waals surface area contributed by atoms with Crippen molar-refractivity contribution in [1.29, 1.82) is 0 Å². The Morgan fingerprint density at radius 1 is 1.06 bits per heavy atom. The molecule has 0 aliphatic heterocycles. The summed E-state index contributed by atoms with van der Waals surface area (Å²) in [4.78, 5) is 25.0. The number of benzene rings is 2. The van der Waals surface area contributed by atoms with Crippen molar-refractivity contribution in [2.45, 2.75) is 32.2 Å². The highest BCUT2D eigenvalue weighted by Crippen LogP contribution is 2.30. The van der Waals surface area contributed by atoms with Crippen LogP contribution in [0.3, 0.4) is 0 Å². The van der Waals surface area contributed by atoms with E-state index in [2.05, 4.69) is 9.88 Å². The number of rotatable bonds is 7. The fourth-order valence-corrected chi connectivity index (χ4v) is 4.76. The average Bonchev–Trinajstić information content (AvgIpc) is 3.25. The number of carbonyl (C=O) groups is 2. The van der Waals surface area contributed by atoms with Crippen LogP contribution in [0.25, 0.3) is 10.9 Å². The molecule has 0 radical (unpaired) electrons. The van der Waals surface area contributed by atoms with Crippen molar-refractivity contribution in [3.8, 4) is 5.75 Å². The van der Waals surface area contributed by atoms with E-state index in [1.54, 1.807) is 13.2 Å². The highest BCUT2D eigenvalue weighted by molar-refractivity contribution is 6.30. The summed E-state index contributed by atoms with van der Waals surface area (Å²) in [6, 6.07) is 13.5. The van der Waals surface area contributed by atoms with Gasteiger partial charge in [-0.25, -0.2) is 0 Å². The van der Waals surface area contributed by atoms with Gasteiger partial charge in [-0.3, -0.25) is 9.59 Å². The van der Waals surface area contributed by atoms with E-state index in [0.717, 1.165) is 42.1 Å². The van der Waals surface area contributed by atoms with Crippen LogP contribution < -0.4 is 10.1 Å². The van der Waals surface area contributed by atoms with E-state index in [9.17, 15) is 9.59 Å². The summed E-state index contributed by atoms with van der Waals surface area (Å²) in [5.74, 6) is 0.742. The Hall–Kier alpha value is -2.99. The minimum Gasteiger partial charge on any atom is -0.497 e. The number of ether oxygens (including phenoxy) is 2. The van der Waals surface area contributed by atoms with E-state index in [1.807, 2.05) is 42.6 Å². The zero-order valence-electron chi connectivity index (χ0n) is 19.0. The van der Waals surface area contributed by atoms with Crippen molar-refractivity contribution in [2.75, 3.05) is 20.8 Å². The van der Waals surface area contributed by atoms with Crippen LogP contribution in [0.2, 0.25) is 5.02 Å². The molecule has 1 aliphatic carbocycles. The van der Waals surface area contributed by atoms with Gasteiger partial charge >= 0.3 is 5.97 Å². The first-order valence-electron chi connectivity index (χ1n) is 11.3. The van der Waals surface area contributed by atoms with E-state index in [-0.39, 0.29) is 17.8 Å². The lowest BCUT2D eigenvalue weighted by atomic mass is 9.82. The molecule has 1 aromatic heterocycles. The first-order valence-corrected chi connectivity index (χ1v) is 11.6. The SMILES string of the molecule is COC(=O)C1CCC(CNC(=O)c2cc(OC)cc3ccn(Cc4ccc(Cl)cc4)c23)CC1. The third-order valence-corrected chi connectivity index (χ3v) is 6.77. The van der Waals surface area contributed by atoms with Crippen LogP contribution >= 0.6 is 11.6 Å². The lowest BCUT2D eigenvalue weighted by Gasteiger charge is -2.27. The Kier molecular flexibility index (Phi) is 7.23. The predicted molar refractivity (Wildman–Crippen MR) is 129 cm³/mol. The smallest absolute Gasteiger partial charge is 0.308 e. The molecule has 7 heteroatoms. The van der Waals surface area contributed by atoms with Crippen LogP contribution in [0.4, 0.5) is 0 Å². The fraction of sp³-hybridized carbons (Fsp3) is 0.385. The first-order chi connectivity index (χ1) is 16.0. The molecule has 1 saturated carbocycles. The average molecular weight is 469 g/mol. The Balaban J connectivity index is 1.51. The van der Waals surface area contributed by atoms with E-state index in [4.69, 9.17) is 21.1 Å². The summed E-state index contributed by atoms with van der Waals surface area (Å²) in [6.07, 6.45) is 5.41. The number of nitrogens with zero attached hydrogens (tertiary/aromatic N) is 1. The maximum Gasteiger partial charge on any atom is 0.308 e. The first kappa shape index (κ1) is 23.2. The number of methoxy groups -OCH3 is 2. The van der Waals surface area contributed by atoms with Gasteiger partial charge in [-0.05, 0) is 67.5 Å². The molecule has 33 heavy (non-hydrogen) atoms. The summed E-state index contributed by atoms with van der Waals surface area (Å²) < 4.78 is 12.4. The number of halogens is 1. The molecule has 4 rings (SSSR count). The van der Waals surface area contributed by atoms with Crippen LogP contribution in [0.5, 0.6) is 5.75 Å². The van der Waals surface area contributed by atoms with Crippen LogP contribution in [-0.2, 0) is 16.1 Å². The number of hydrogen-bond acceptors (Lipinski definition) is 4. The van der Waals surface area contributed by atoms with Gasteiger partial charge in [0.25, 0.3) is 5.91 Å². The van der Waals surface area contributed by atoms with E-state index >= 15 is 0 Å². The molecule has 0 bridgehead atoms. The maximum atomic E-state index is 13.3. The summed E-state index contributed by atoms with van der Waals surface area (Å²) in [7, 11) is 3.04. The van der Waals surface area contributed by atoms with Gasteiger partial charge in [0.05, 0.1) is 31.2 Å². The van der Waals surface area contributed by atoms with Gasteiger partial charge < -0.3 is 19.4 Å². The molecule has 1 heterocycles. The van der Waals surface area contributed by atoms with Crippen molar-refractivity contribution in [2.24, 2.45) is 11.8 Å². The zero-order valence-corrected chi connectivity index (χ0v) is 19.7. The third kappa shape index (κ3) is 5.33. The van der Waals surface area contributed by atoms with Crippen molar-refractivity contribution in [3.05, 3.63) is 64.8 Å². The van der Waals surface area contributed by atoms with Crippen molar-refractivity contribution < 1.29 is 19.1 Å². The van der Waals surface area contributed by atoms with E-state index in [0.29, 0.717) is 35.3 Å². The normalized spacial score (nSPS) is 18.2. The molecule has 3 aromatic rings. The molecular weight excluding hydrogens is 440 g/mol. The molecule has 0 spiro atoms. The second-order valence-corrected chi connectivity index (χ2v) is 9.07. The number of amides is 1. The van der Waals surface area contributed by atoms with Crippen molar-refractivity contribution >= 4 is 34.4 Å². The molecule has 0 atom stereocenters. The number of carbonyl (C=O) groups excluding carboxylic acids is 2. The summed E-state index contributed by atoms with van der Waals surface area (Å²) >= 11 is 6.02. The molecule has 174 valence electrons. The number of aromatic nitrogens is 1. The Morgan fingerprint density at radius 2 is 1.79 bits per heavy atom. The van der Waals surface area contributed by atoms with Gasteiger partial charge in [-0.1, -0.05) is 23.7 Å². The lowest BCUT2D eigenvalue weighted by Crippen LogP contribution is -2.33. The molecule has 2 aromatic carbocycles. The molecule has 1 amide bonds. The van der Waals surface area contributed by atoms with Gasteiger partial charge in [0.2, 0.25) is 0 Å². The molecule has 1 aliphatic rings. The summed E-state index contributed by atoms with van der Waals surface area (Å²) in [5, 5.41) is 4.76. The molecular formula is C26H29ClN2O4. The molecule has 1 fully saturated rings. The van der Waals surface area contributed by atoms with E-state index in [1.165, 1.54) is 7.11 Å². The highest BCUT2D eigenvalue weighted by atomic mass is 35.5. The minimum atomic E-state index is -0.127. The zero-order chi connectivity index (χ0) is 23.4. The largest absolute Gasteiger partial charge is 0.497 e. The second-order valence-electron chi connectivity index (χ2n) is 8.63. The quantitative estimate of drug-likeness (QED) is 0.492. The third-order valence-electron chi connectivity index (χ3n) is 6.51. The molecule has 0 saturated heterocycles. The Morgan fingerprint density at radius 3 is 2.45 bits per heavy atom. The number of nitrogens with one attached hydrogen (secondary N) is 1. The van der Waals surface area contributed by atoms with Gasteiger partial charge in [0, 0.05) is 29.7 Å². The van der Waals surface area contributed by atoms with Gasteiger partial charge in [0.15, 0.2) is 0 Å². The topological polar surface area (TPSA) is 69.6 Å². The summed E-state index contributed by atoms with van der Waals surface area (Å²) in [5.41, 5.74) is 2.56. The number of esters is 1. The monoisotopic (exact) mass is 468 g/mol. The van der Waals surface area contributed by atoms with Crippen LogP contribution in [0.1, 0.15) is 41.6 Å². The second kappa shape index (κ2) is 10.3. The Bertz CT molecular complexity index is 1130. The van der Waals surface area contributed by atoms with Gasteiger partial charge in [-0.15, -0.1) is 0 Å². The minimum absolute atomic E-state index is 0.0175. The van der Waals surface area contributed by atoms with Crippen LogP contribution in [0, 0.1) is 11.8 Å². The van der Waals surface area contributed by atoms with Gasteiger partial charge in [-0.2, -0.15) is 0 Å². The van der Waals surface area contributed by atoms with Crippen molar-refractivity contribution in [3.63, 3.8) is 0 Å². The van der Waals surface area contributed by atoms with Gasteiger partial charge in [0.1, 0.15) is 5.75 Å². The van der Waals surface area contributed by atoms with Crippen LogP contribution in [0.15, 0.2) is 48.7 Å². The fourth-order valence-electron chi connectivity index (χ4n) is 4.63. The molecule has 6 nitrogen and oxygen atoms in total. The van der Waals surface area contributed by atoms with E-state index < -0.39 is 0 Å². The predicted octanol–water partition coefficient (Wildman–Crippen LogP) is 5.06. The lowest BCUT2D eigenvalue weighted by molar-refractivity contribution is -0.146. The highest BCUT2D eigenvalue weighted by Gasteiger charge is 2.27. The van der Waals surface area contributed by atoms with Crippen LogP contribution in [-0.4, -0.2) is 37.2 Å². The molecule has 0 unspecified atom stereocenters. The van der Waals surface area contributed by atoms with Crippen molar-refractivity contribution in [1.82, 2.24) is 9.88 Å². The Labute approximate surface area is 198 Å². The number of hydrogen-bond donors (Lipinski definition) is 1.